The first-order valence-corrected chi connectivity index (χ1v) is 34.9. The van der Waals surface area contributed by atoms with Crippen LogP contribution in [0.15, 0.2) is 109 Å². The molecule has 0 aliphatic heterocycles. The van der Waals surface area contributed by atoms with E-state index in [0.717, 1.165) is 122 Å². The Hall–Kier alpha value is -3.93. The summed E-state index contributed by atoms with van der Waals surface area (Å²) in [6.45, 7) is 6.51. The van der Waals surface area contributed by atoms with Gasteiger partial charge in [0.1, 0.15) is 13.2 Å². The second-order valence-corrected chi connectivity index (χ2v) is 23.1. The summed E-state index contributed by atoms with van der Waals surface area (Å²) in [6, 6.07) is 0. The van der Waals surface area contributed by atoms with Crippen molar-refractivity contribution >= 4 is 17.9 Å². The zero-order chi connectivity index (χ0) is 59.2. The lowest BCUT2D eigenvalue weighted by atomic mass is 10.0. The SMILES string of the molecule is CC/C=C\C/C=C\C/C=C\C/C=C\C/C=C\C/C=C\C/C=C\C/C=C\CCCCCCC(=O)OCC(COC(=O)CCCCCCCCCC)OC(=O)CCCCCCCCCCCCCCCCC/C=C\CCCCCCCCCC. The minimum Gasteiger partial charge on any atom is -0.462 e. The minimum absolute atomic E-state index is 0.0841. The van der Waals surface area contributed by atoms with E-state index in [0.29, 0.717) is 19.3 Å². The van der Waals surface area contributed by atoms with Crippen molar-refractivity contribution in [3.05, 3.63) is 109 Å². The molecular formula is C76H130O6. The van der Waals surface area contributed by atoms with Gasteiger partial charge in [0.25, 0.3) is 0 Å². The Morgan fingerprint density at radius 1 is 0.256 bits per heavy atom. The van der Waals surface area contributed by atoms with Crippen LogP contribution in [0.5, 0.6) is 0 Å². The molecule has 0 radical (unpaired) electrons. The maximum Gasteiger partial charge on any atom is 0.306 e. The molecule has 0 bridgehead atoms. The van der Waals surface area contributed by atoms with Crippen LogP contribution < -0.4 is 0 Å². The smallest absolute Gasteiger partial charge is 0.306 e. The van der Waals surface area contributed by atoms with Crippen LogP contribution in [0.2, 0.25) is 0 Å². The summed E-state index contributed by atoms with van der Waals surface area (Å²) in [5.74, 6) is -0.904. The quantitative estimate of drug-likeness (QED) is 0.0261. The number of esters is 3. The predicted octanol–water partition coefficient (Wildman–Crippen LogP) is 24.2. The number of allylic oxidation sites excluding steroid dienone is 18. The largest absolute Gasteiger partial charge is 0.462 e. The van der Waals surface area contributed by atoms with Crippen LogP contribution in [0.3, 0.4) is 0 Å². The molecule has 0 fully saturated rings. The van der Waals surface area contributed by atoms with Crippen molar-refractivity contribution in [2.75, 3.05) is 13.2 Å². The van der Waals surface area contributed by atoms with Crippen molar-refractivity contribution in [1.29, 1.82) is 0 Å². The molecule has 0 N–H and O–H groups in total. The number of unbranched alkanes of at least 4 members (excludes halogenated alkanes) is 34. The lowest BCUT2D eigenvalue weighted by molar-refractivity contribution is -0.167. The van der Waals surface area contributed by atoms with Crippen molar-refractivity contribution < 1.29 is 28.6 Å². The van der Waals surface area contributed by atoms with Gasteiger partial charge in [-0.1, -0.05) is 316 Å². The summed E-state index contributed by atoms with van der Waals surface area (Å²) in [6.07, 6.45) is 95.6. The van der Waals surface area contributed by atoms with E-state index in [2.05, 4.69) is 130 Å². The third-order valence-electron chi connectivity index (χ3n) is 15.0. The van der Waals surface area contributed by atoms with Gasteiger partial charge in [0, 0.05) is 19.3 Å². The molecule has 6 heteroatoms. The second-order valence-electron chi connectivity index (χ2n) is 23.1. The number of hydrogen-bond donors (Lipinski definition) is 0. The summed E-state index contributed by atoms with van der Waals surface area (Å²) in [4.78, 5) is 38.2. The Bertz CT molecular complexity index is 1640. The molecule has 82 heavy (non-hydrogen) atoms. The number of carbonyl (C=O) groups excluding carboxylic acids is 3. The first-order valence-electron chi connectivity index (χ1n) is 34.9. The first kappa shape index (κ1) is 78.1. The van der Waals surface area contributed by atoms with Crippen LogP contribution in [0.25, 0.3) is 0 Å². The Morgan fingerprint density at radius 3 is 0.756 bits per heavy atom. The third kappa shape index (κ3) is 66.9. The molecule has 0 saturated carbocycles. The van der Waals surface area contributed by atoms with Crippen molar-refractivity contribution in [2.45, 2.75) is 341 Å². The zero-order valence-corrected chi connectivity index (χ0v) is 54.0. The van der Waals surface area contributed by atoms with Crippen molar-refractivity contribution in [3.8, 4) is 0 Å². The highest BCUT2D eigenvalue weighted by Gasteiger charge is 2.19. The topological polar surface area (TPSA) is 78.9 Å². The van der Waals surface area contributed by atoms with Crippen LogP contribution in [0.1, 0.15) is 335 Å². The van der Waals surface area contributed by atoms with E-state index in [-0.39, 0.29) is 31.1 Å². The van der Waals surface area contributed by atoms with Crippen LogP contribution in [0.4, 0.5) is 0 Å². The molecule has 0 aromatic heterocycles. The Kier molecular flexibility index (Phi) is 66.2. The highest BCUT2D eigenvalue weighted by molar-refractivity contribution is 5.71. The molecule has 0 aromatic rings. The van der Waals surface area contributed by atoms with Crippen LogP contribution >= 0.6 is 0 Å². The van der Waals surface area contributed by atoms with Crippen LogP contribution in [-0.4, -0.2) is 37.2 Å². The Labute approximate surface area is 508 Å². The van der Waals surface area contributed by atoms with E-state index < -0.39 is 6.10 Å². The molecule has 470 valence electrons. The zero-order valence-electron chi connectivity index (χ0n) is 54.0. The molecule has 1 unspecified atom stereocenters. The van der Waals surface area contributed by atoms with Gasteiger partial charge in [-0.15, -0.1) is 0 Å². The molecule has 0 aliphatic rings. The van der Waals surface area contributed by atoms with Gasteiger partial charge in [-0.25, -0.2) is 0 Å². The number of rotatable bonds is 63. The van der Waals surface area contributed by atoms with Crippen molar-refractivity contribution in [2.24, 2.45) is 0 Å². The van der Waals surface area contributed by atoms with E-state index in [1.165, 1.54) is 173 Å². The third-order valence-corrected chi connectivity index (χ3v) is 15.0. The predicted molar refractivity (Wildman–Crippen MR) is 357 cm³/mol. The van der Waals surface area contributed by atoms with Gasteiger partial charge in [-0.2, -0.15) is 0 Å². The standard InChI is InChI=1S/C76H130O6/c1-4-7-10-13-16-19-21-23-25-27-29-31-33-35-37-38-40-41-43-45-47-49-51-53-55-57-60-63-66-69-75(78)81-72-73(71-80-74(77)68-65-62-59-18-15-12-9-6-3)82-76(79)70-67-64-61-58-56-54-52-50-48-46-44-42-39-36-34-32-30-28-26-24-22-20-17-14-11-8-5-2/h7,10,16,19,23,25,28-31,35,37,40-41,45,47,51,53,73H,4-6,8-9,11-15,17-18,20-22,24,26-27,32-34,36,38-39,42-44,46,48-50,52,54-72H2,1-3H3/b10-7-,19-16-,25-23-,30-28-,31-29-,37-35-,41-40-,47-45-,53-51-. The maximum absolute atomic E-state index is 12.9. The van der Waals surface area contributed by atoms with Gasteiger partial charge >= 0.3 is 17.9 Å². The summed E-state index contributed by atoms with van der Waals surface area (Å²) in [5.41, 5.74) is 0. The molecule has 0 saturated heterocycles. The molecule has 6 nitrogen and oxygen atoms in total. The van der Waals surface area contributed by atoms with Crippen molar-refractivity contribution in [3.63, 3.8) is 0 Å². The van der Waals surface area contributed by atoms with E-state index in [4.69, 9.17) is 14.2 Å². The monoisotopic (exact) mass is 1140 g/mol. The first-order chi connectivity index (χ1) is 40.5. The van der Waals surface area contributed by atoms with Crippen LogP contribution in [0, 0.1) is 0 Å². The van der Waals surface area contributed by atoms with Gasteiger partial charge in [0.2, 0.25) is 0 Å². The number of carbonyl (C=O) groups is 3. The average Bonchev–Trinajstić information content (AvgIpc) is 3.47. The molecule has 0 rings (SSSR count). The van der Waals surface area contributed by atoms with E-state index >= 15 is 0 Å². The van der Waals surface area contributed by atoms with Crippen LogP contribution in [-0.2, 0) is 28.6 Å². The summed E-state index contributed by atoms with van der Waals surface area (Å²) in [7, 11) is 0. The molecule has 0 amide bonds. The summed E-state index contributed by atoms with van der Waals surface area (Å²) in [5, 5.41) is 0. The molecule has 0 aromatic carbocycles. The second kappa shape index (κ2) is 69.6. The normalized spacial score (nSPS) is 12.8. The Morgan fingerprint density at radius 2 is 0.476 bits per heavy atom. The van der Waals surface area contributed by atoms with Gasteiger partial charge in [0.15, 0.2) is 6.10 Å². The van der Waals surface area contributed by atoms with Crippen molar-refractivity contribution in [1.82, 2.24) is 0 Å². The number of ether oxygens (including phenoxy) is 3. The summed E-state index contributed by atoms with van der Waals surface area (Å²) < 4.78 is 16.9. The molecule has 1 atom stereocenters. The average molecular weight is 1140 g/mol. The lowest BCUT2D eigenvalue weighted by Gasteiger charge is -2.18. The highest BCUT2D eigenvalue weighted by Crippen LogP contribution is 2.17. The fourth-order valence-electron chi connectivity index (χ4n) is 9.81. The van der Waals surface area contributed by atoms with E-state index in [9.17, 15) is 14.4 Å². The highest BCUT2D eigenvalue weighted by atomic mass is 16.6. The Balaban J connectivity index is 4.20. The van der Waals surface area contributed by atoms with Gasteiger partial charge in [-0.3, -0.25) is 14.4 Å². The fourth-order valence-corrected chi connectivity index (χ4v) is 9.81. The molecule has 0 heterocycles. The van der Waals surface area contributed by atoms with Gasteiger partial charge in [-0.05, 0) is 109 Å². The van der Waals surface area contributed by atoms with Gasteiger partial charge in [0.05, 0.1) is 0 Å². The summed E-state index contributed by atoms with van der Waals surface area (Å²) >= 11 is 0. The fraction of sp³-hybridized carbons (Fsp3) is 0.724. The van der Waals surface area contributed by atoms with E-state index in [1.54, 1.807) is 0 Å². The molecule has 0 spiro atoms. The van der Waals surface area contributed by atoms with Gasteiger partial charge < -0.3 is 14.2 Å². The minimum atomic E-state index is -0.788. The lowest BCUT2D eigenvalue weighted by Crippen LogP contribution is -2.30. The molecule has 0 aliphatic carbocycles. The maximum atomic E-state index is 12.9. The van der Waals surface area contributed by atoms with E-state index in [1.807, 2.05) is 0 Å². The number of hydrogen-bond acceptors (Lipinski definition) is 6. The molecular weight excluding hydrogens is 1010 g/mol.